The predicted octanol–water partition coefficient (Wildman–Crippen LogP) is 4.22. The normalized spacial score (nSPS) is 17.5. The van der Waals surface area contributed by atoms with Gasteiger partial charge in [0.15, 0.2) is 0 Å². The SMILES string of the molecule is CNCC(F)(F)CN1c2ccccc2N(c2ccccc2F)S1(O)O. The third-order valence-corrected chi connectivity index (χ3v) is 5.59. The summed E-state index contributed by atoms with van der Waals surface area (Å²) < 4.78 is 65.7. The maximum Gasteiger partial charge on any atom is 0.279 e. The first kappa shape index (κ1) is 17.9. The van der Waals surface area contributed by atoms with E-state index in [-0.39, 0.29) is 17.1 Å². The van der Waals surface area contributed by atoms with E-state index in [4.69, 9.17) is 0 Å². The number of hydrogen-bond acceptors (Lipinski definition) is 5. The van der Waals surface area contributed by atoms with Crippen molar-refractivity contribution in [2.45, 2.75) is 5.92 Å². The van der Waals surface area contributed by atoms with Gasteiger partial charge in [-0.1, -0.05) is 24.3 Å². The van der Waals surface area contributed by atoms with Crippen molar-refractivity contribution in [3.05, 3.63) is 54.3 Å². The molecule has 1 heterocycles. The van der Waals surface area contributed by atoms with Gasteiger partial charge in [0.1, 0.15) is 18.0 Å². The lowest BCUT2D eigenvalue weighted by molar-refractivity contribution is 0.0146. The van der Waals surface area contributed by atoms with Crippen LogP contribution < -0.4 is 13.9 Å². The van der Waals surface area contributed by atoms with Gasteiger partial charge < -0.3 is 5.32 Å². The molecular weight excluding hydrogens is 355 g/mol. The molecule has 0 bridgehead atoms. The summed E-state index contributed by atoms with van der Waals surface area (Å²) in [6.45, 7) is -1.54. The van der Waals surface area contributed by atoms with E-state index in [0.29, 0.717) is 0 Å². The van der Waals surface area contributed by atoms with Crippen molar-refractivity contribution >= 4 is 28.0 Å². The Balaban J connectivity index is 2.09. The van der Waals surface area contributed by atoms with E-state index in [0.717, 1.165) is 8.61 Å². The second-order valence-corrected chi connectivity index (χ2v) is 7.43. The van der Waals surface area contributed by atoms with E-state index >= 15 is 0 Å². The topological polar surface area (TPSA) is 59.0 Å². The molecule has 0 amide bonds. The van der Waals surface area contributed by atoms with E-state index in [2.05, 4.69) is 5.32 Å². The van der Waals surface area contributed by atoms with Crippen molar-refractivity contribution in [2.75, 3.05) is 28.7 Å². The second-order valence-electron chi connectivity index (χ2n) is 5.65. The van der Waals surface area contributed by atoms with E-state index in [1.54, 1.807) is 12.1 Å². The lowest BCUT2D eigenvalue weighted by atomic mass is 10.2. The minimum Gasteiger partial charge on any atom is -0.314 e. The lowest BCUT2D eigenvalue weighted by Crippen LogP contribution is -2.44. The maximum absolute atomic E-state index is 14.2. The Labute approximate surface area is 145 Å². The summed E-state index contributed by atoms with van der Waals surface area (Å²) in [6.07, 6.45) is 0. The number of nitrogens with one attached hydrogen (secondary N) is 1. The van der Waals surface area contributed by atoms with Crippen LogP contribution in [0.1, 0.15) is 0 Å². The summed E-state index contributed by atoms with van der Waals surface area (Å²) in [5.41, 5.74) is 0.378. The molecule has 25 heavy (non-hydrogen) atoms. The van der Waals surface area contributed by atoms with Crippen molar-refractivity contribution in [2.24, 2.45) is 0 Å². The Morgan fingerprint density at radius 3 is 2.16 bits per heavy atom. The highest BCUT2D eigenvalue weighted by Crippen LogP contribution is 2.64. The van der Waals surface area contributed by atoms with Crippen LogP contribution in [0.2, 0.25) is 0 Å². The molecule has 0 unspecified atom stereocenters. The maximum atomic E-state index is 14.2. The van der Waals surface area contributed by atoms with Gasteiger partial charge in [-0.05, 0) is 42.3 Å². The highest BCUT2D eigenvalue weighted by atomic mass is 32.3. The highest BCUT2D eigenvalue weighted by molar-refractivity contribution is 8.27. The van der Waals surface area contributed by atoms with Gasteiger partial charge in [0, 0.05) is 0 Å². The average molecular weight is 373 g/mol. The van der Waals surface area contributed by atoms with Crippen molar-refractivity contribution in [3.63, 3.8) is 0 Å². The molecule has 136 valence electrons. The summed E-state index contributed by atoms with van der Waals surface area (Å²) >= 11 is 0. The molecule has 9 heteroatoms. The molecule has 3 rings (SSSR count). The minimum absolute atomic E-state index is 0.0885. The molecule has 3 N–H and O–H groups in total. The number of hydrogen-bond donors (Lipinski definition) is 3. The van der Waals surface area contributed by atoms with Crippen LogP contribution in [-0.2, 0) is 0 Å². The molecule has 0 aliphatic carbocycles. The molecule has 1 aliphatic heterocycles. The molecular formula is C16H18F3N3O2S. The van der Waals surface area contributed by atoms with Crippen LogP contribution in [0.25, 0.3) is 0 Å². The van der Waals surface area contributed by atoms with Gasteiger partial charge in [-0.2, -0.15) is 0 Å². The third kappa shape index (κ3) is 3.15. The number of halogens is 3. The zero-order valence-electron chi connectivity index (χ0n) is 13.4. The van der Waals surface area contributed by atoms with Crippen LogP contribution in [0.15, 0.2) is 48.5 Å². The number of anilines is 3. The molecule has 0 aromatic heterocycles. The fraction of sp³-hybridized carbons (Fsp3) is 0.250. The van der Waals surface area contributed by atoms with Crippen molar-refractivity contribution in [1.82, 2.24) is 5.32 Å². The van der Waals surface area contributed by atoms with Crippen LogP contribution >= 0.6 is 11.0 Å². The fourth-order valence-corrected chi connectivity index (χ4v) is 4.59. The number of rotatable bonds is 5. The van der Waals surface area contributed by atoms with Gasteiger partial charge in [0.05, 0.1) is 17.9 Å². The van der Waals surface area contributed by atoms with Crippen molar-refractivity contribution < 1.29 is 22.3 Å². The standard InChI is InChI=1S/C16H18F3N3O2S/c1-20-10-16(18,19)11-21-14-8-4-5-9-15(14)22(25(21,23)24)13-7-3-2-6-12(13)17/h2-9,20,23-24H,10-11H2,1H3. The van der Waals surface area contributed by atoms with Gasteiger partial charge in [-0.15, -0.1) is 0 Å². The van der Waals surface area contributed by atoms with E-state index < -0.39 is 35.8 Å². The van der Waals surface area contributed by atoms with Crippen LogP contribution in [0.3, 0.4) is 0 Å². The Morgan fingerprint density at radius 2 is 1.56 bits per heavy atom. The summed E-state index contributed by atoms with van der Waals surface area (Å²) in [5, 5.41) is 2.38. The number of nitrogens with zero attached hydrogens (tertiary/aromatic N) is 2. The first-order chi connectivity index (χ1) is 11.8. The zero-order valence-corrected chi connectivity index (χ0v) is 14.2. The van der Waals surface area contributed by atoms with Crippen LogP contribution in [0.4, 0.5) is 30.2 Å². The minimum atomic E-state index is -3.90. The lowest BCUT2D eigenvalue weighted by Gasteiger charge is -2.44. The van der Waals surface area contributed by atoms with Crippen molar-refractivity contribution in [1.29, 1.82) is 0 Å². The first-order valence-corrected chi connectivity index (χ1v) is 8.96. The Hall–Kier alpha value is -1.94. The summed E-state index contributed by atoms with van der Waals surface area (Å²) in [5.74, 6) is -3.89. The molecule has 1 aliphatic rings. The van der Waals surface area contributed by atoms with Crippen LogP contribution in [0.5, 0.6) is 0 Å². The Bertz CT molecular complexity index is 776. The summed E-state index contributed by atoms with van der Waals surface area (Å²) in [6, 6.07) is 11.8. The van der Waals surface area contributed by atoms with E-state index in [1.807, 2.05) is 0 Å². The van der Waals surface area contributed by atoms with Gasteiger partial charge in [-0.25, -0.2) is 21.8 Å². The highest BCUT2D eigenvalue weighted by Gasteiger charge is 2.46. The van der Waals surface area contributed by atoms with Gasteiger partial charge >= 0.3 is 0 Å². The third-order valence-electron chi connectivity index (χ3n) is 3.79. The average Bonchev–Trinajstić information content (AvgIpc) is 2.75. The number of para-hydroxylation sites is 3. The smallest absolute Gasteiger partial charge is 0.279 e. The molecule has 0 fully saturated rings. The summed E-state index contributed by atoms with van der Waals surface area (Å²) in [4.78, 5) is 0. The monoisotopic (exact) mass is 373 g/mol. The predicted molar refractivity (Wildman–Crippen MR) is 94.0 cm³/mol. The Morgan fingerprint density at radius 1 is 1.00 bits per heavy atom. The van der Waals surface area contributed by atoms with E-state index in [9.17, 15) is 22.3 Å². The van der Waals surface area contributed by atoms with Crippen LogP contribution in [0, 0.1) is 5.82 Å². The molecule has 0 spiro atoms. The van der Waals surface area contributed by atoms with Gasteiger partial charge in [0.2, 0.25) is 0 Å². The number of alkyl halides is 2. The molecule has 0 atom stereocenters. The number of fused-ring (bicyclic) bond motifs is 1. The number of benzene rings is 2. The fourth-order valence-electron chi connectivity index (χ4n) is 2.78. The molecule has 5 nitrogen and oxygen atoms in total. The summed E-state index contributed by atoms with van der Waals surface area (Å²) in [7, 11) is -2.51. The van der Waals surface area contributed by atoms with Gasteiger partial charge in [0.25, 0.3) is 5.92 Å². The largest absolute Gasteiger partial charge is 0.314 e. The first-order valence-electron chi connectivity index (χ1n) is 7.50. The second kappa shape index (κ2) is 6.41. The van der Waals surface area contributed by atoms with E-state index in [1.165, 1.54) is 43.4 Å². The van der Waals surface area contributed by atoms with Crippen LogP contribution in [-0.4, -0.2) is 35.2 Å². The molecule has 0 saturated carbocycles. The molecule has 2 aromatic rings. The molecule has 0 saturated heterocycles. The quantitative estimate of drug-likeness (QED) is 0.733. The van der Waals surface area contributed by atoms with Crippen molar-refractivity contribution in [3.8, 4) is 0 Å². The molecule has 2 aromatic carbocycles. The Kier molecular flexibility index (Phi) is 4.58. The van der Waals surface area contributed by atoms with Gasteiger partial charge in [-0.3, -0.25) is 9.11 Å². The molecule has 0 radical (unpaired) electrons. The zero-order chi connectivity index (χ0) is 18.2.